The van der Waals surface area contributed by atoms with Crippen LogP contribution in [0, 0.1) is 5.92 Å². The molecule has 22 heavy (non-hydrogen) atoms. The Morgan fingerprint density at radius 1 is 1.55 bits per heavy atom. The van der Waals surface area contributed by atoms with E-state index in [1.807, 2.05) is 6.92 Å². The predicted molar refractivity (Wildman–Crippen MR) is 80.8 cm³/mol. The molecule has 0 unspecified atom stereocenters. The number of hydrogen-bond acceptors (Lipinski definition) is 5. The van der Waals surface area contributed by atoms with Crippen LogP contribution in [0.1, 0.15) is 19.0 Å². The number of carbonyl (C=O) groups excluding carboxylic acids is 1. The predicted octanol–water partition coefficient (Wildman–Crippen LogP) is 0.0297. The fraction of sp³-hybridized carbons (Fsp3) is 0.600. The lowest BCUT2D eigenvalue weighted by molar-refractivity contribution is -0.138. The van der Waals surface area contributed by atoms with Gasteiger partial charge in [-0.25, -0.2) is 4.98 Å². The third-order valence-corrected chi connectivity index (χ3v) is 3.68. The van der Waals surface area contributed by atoms with Gasteiger partial charge in [-0.15, -0.1) is 0 Å². The van der Waals surface area contributed by atoms with Gasteiger partial charge in [0.05, 0.1) is 37.5 Å². The van der Waals surface area contributed by atoms with Gasteiger partial charge in [-0.1, -0.05) is 6.92 Å². The molecule has 0 aliphatic carbocycles. The molecule has 122 valence electrons. The minimum absolute atomic E-state index is 0.135. The first-order chi connectivity index (χ1) is 10.6. The summed E-state index contributed by atoms with van der Waals surface area (Å²) in [6.45, 7) is 3.42. The summed E-state index contributed by atoms with van der Waals surface area (Å²) in [6.07, 6.45) is 5.38. The number of rotatable bonds is 6. The number of aliphatic hydroxyl groups excluding tert-OH is 2. The molecule has 2 heterocycles. The van der Waals surface area contributed by atoms with Crippen LogP contribution in [0.3, 0.4) is 0 Å². The van der Waals surface area contributed by atoms with Crippen molar-refractivity contribution >= 4 is 12.0 Å². The Kier molecular flexibility index (Phi) is 6.11. The van der Waals surface area contributed by atoms with Crippen LogP contribution in [-0.4, -0.2) is 69.5 Å². The highest BCUT2D eigenvalue weighted by molar-refractivity contribution is 5.91. The van der Waals surface area contributed by atoms with Crippen molar-refractivity contribution in [2.24, 2.45) is 5.92 Å². The summed E-state index contributed by atoms with van der Waals surface area (Å²) in [5, 5.41) is 19.7. The number of nitrogens with one attached hydrogen (secondary N) is 1. The zero-order valence-electron chi connectivity index (χ0n) is 12.7. The van der Waals surface area contributed by atoms with Crippen molar-refractivity contribution in [1.82, 2.24) is 14.9 Å². The number of nitrogens with zero attached hydrogens (tertiary/aromatic N) is 2. The van der Waals surface area contributed by atoms with Gasteiger partial charge in [0.15, 0.2) is 0 Å². The zero-order valence-corrected chi connectivity index (χ0v) is 12.7. The highest BCUT2D eigenvalue weighted by atomic mass is 16.5. The van der Waals surface area contributed by atoms with Crippen LogP contribution < -0.4 is 0 Å². The summed E-state index contributed by atoms with van der Waals surface area (Å²) in [5.74, 6) is -0.413. The maximum atomic E-state index is 12.3. The number of aromatic amines is 1. The normalized spacial score (nSPS) is 25.5. The maximum absolute atomic E-state index is 12.3. The Labute approximate surface area is 129 Å². The fourth-order valence-electron chi connectivity index (χ4n) is 2.48. The molecular weight excluding hydrogens is 286 g/mol. The lowest BCUT2D eigenvalue weighted by Crippen LogP contribution is -2.49. The van der Waals surface area contributed by atoms with Crippen LogP contribution in [0.4, 0.5) is 0 Å². The largest absolute Gasteiger partial charge is 0.390 e. The van der Waals surface area contributed by atoms with Gasteiger partial charge in [-0.2, -0.15) is 0 Å². The first-order valence-corrected chi connectivity index (χ1v) is 7.51. The minimum Gasteiger partial charge on any atom is -0.390 e. The molecule has 3 atom stereocenters. The Morgan fingerprint density at radius 3 is 3.05 bits per heavy atom. The van der Waals surface area contributed by atoms with Gasteiger partial charge in [0.2, 0.25) is 5.91 Å². The average Bonchev–Trinajstić information content (AvgIpc) is 3.02. The summed E-state index contributed by atoms with van der Waals surface area (Å²) in [7, 11) is 0. The summed E-state index contributed by atoms with van der Waals surface area (Å²) in [6, 6.07) is 0. The van der Waals surface area contributed by atoms with E-state index in [0.29, 0.717) is 19.7 Å². The van der Waals surface area contributed by atoms with Crippen molar-refractivity contribution in [2.75, 3.05) is 26.3 Å². The number of amides is 1. The van der Waals surface area contributed by atoms with Crippen molar-refractivity contribution in [3.63, 3.8) is 0 Å². The number of H-pyrrole nitrogens is 1. The van der Waals surface area contributed by atoms with Crippen molar-refractivity contribution in [2.45, 2.75) is 25.6 Å². The number of imidazole rings is 1. The van der Waals surface area contributed by atoms with Gasteiger partial charge in [0.25, 0.3) is 0 Å². The van der Waals surface area contributed by atoms with Gasteiger partial charge in [0, 0.05) is 25.1 Å². The third-order valence-electron chi connectivity index (χ3n) is 3.68. The van der Waals surface area contributed by atoms with E-state index in [1.165, 1.54) is 6.08 Å². The van der Waals surface area contributed by atoms with Gasteiger partial charge < -0.3 is 24.8 Å². The monoisotopic (exact) mass is 309 g/mol. The Balaban J connectivity index is 1.97. The molecule has 1 fully saturated rings. The first-order valence-electron chi connectivity index (χ1n) is 7.51. The fourth-order valence-corrected chi connectivity index (χ4v) is 2.48. The van der Waals surface area contributed by atoms with Crippen molar-refractivity contribution in [3.05, 3.63) is 24.3 Å². The Hall–Kier alpha value is -1.70. The van der Waals surface area contributed by atoms with Gasteiger partial charge >= 0.3 is 0 Å². The molecule has 1 aliphatic rings. The lowest BCUT2D eigenvalue weighted by atomic mass is 9.96. The molecular formula is C15H23N3O4. The van der Waals surface area contributed by atoms with Crippen LogP contribution in [0.2, 0.25) is 0 Å². The van der Waals surface area contributed by atoms with Gasteiger partial charge in [-0.3, -0.25) is 4.79 Å². The number of ether oxygens (including phenoxy) is 1. The van der Waals surface area contributed by atoms with E-state index >= 15 is 0 Å². The van der Waals surface area contributed by atoms with E-state index in [1.54, 1.807) is 23.5 Å². The van der Waals surface area contributed by atoms with Gasteiger partial charge in [-0.05, 0) is 12.5 Å². The van der Waals surface area contributed by atoms with Crippen LogP contribution in [0.15, 0.2) is 18.6 Å². The van der Waals surface area contributed by atoms with E-state index < -0.39 is 12.2 Å². The molecule has 1 aromatic heterocycles. The Bertz CT molecular complexity index is 489. The highest BCUT2D eigenvalue weighted by Gasteiger charge is 2.33. The summed E-state index contributed by atoms with van der Waals surface area (Å²) < 4.78 is 5.26. The maximum Gasteiger partial charge on any atom is 0.246 e. The van der Waals surface area contributed by atoms with E-state index in [0.717, 1.165) is 12.1 Å². The number of hydrogen-bond donors (Lipinski definition) is 3. The molecule has 7 nitrogen and oxygen atoms in total. The average molecular weight is 309 g/mol. The number of aromatic nitrogens is 2. The molecule has 1 aromatic rings. The van der Waals surface area contributed by atoms with Crippen molar-refractivity contribution in [1.29, 1.82) is 0 Å². The second kappa shape index (κ2) is 8.07. The molecule has 1 aliphatic heterocycles. The van der Waals surface area contributed by atoms with Crippen LogP contribution in [0.25, 0.3) is 6.08 Å². The molecule has 7 heteroatoms. The molecule has 0 saturated carbocycles. The van der Waals surface area contributed by atoms with E-state index in [-0.39, 0.29) is 18.4 Å². The Morgan fingerprint density at radius 2 is 2.36 bits per heavy atom. The topological polar surface area (TPSA) is 98.7 Å². The van der Waals surface area contributed by atoms with Crippen molar-refractivity contribution < 1.29 is 19.7 Å². The number of aliphatic hydroxyl groups is 2. The van der Waals surface area contributed by atoms with Gasteiger partial charge in [0.1, 0.15) is 6.10 Å². The lowest BCUT2D eigenvalue weighted by Gasteiger charge is -2.35. The smallest absolute Gasteiger partial charge is 0.246 e. The molecule has 0 aromatic carbocycles. The SMILES string of the molecule is CCCN(C[C@@H]1COC[C@@H](O)[C@H]1O)C(=O)/C=C/c1cnc[nH]1. The molecule has 0 radical (unpaired) electrons. The van der Waals surface area contributed by atoms with E-state index in [4.69, 9.17) is 4.74 Å². The molecule has 1 saturated heterocycles. The highest BCUT2D eigenvalue weighted by Crippen LogP contribution is 2.17. The summed E-state index contributed by atoms with van der Waals surface area (Å²) >= 11 is 0. The third kappa shape index (κ3) is 4.40. The van der Waals surface area contributed by atoms with Crippen LogP contribution in [0.5, 0.6) is 0 Å². The minimum atomic E-state index is -0.891. The quantitative estimate of drug-likeness (QED) is 0.644. The molecule has 0 spiro atoms. The van der Waals surface area contributed by atoms with E-state index in [9.17, 15) is 15.0 Å². The van der Waals surface area contributed by atoms with Crippen LogP contribution in [-0.2, 0) is 9.53 Å². The number of carbonyl (C=O) groups is 1. The van der Waals surface area contributed by atoms with Crippen molar-refractivity contribution in [3.8, 4) is 0 Å². The first kappa shape index (κ1) is 16.7. The molecule has 2 rings (SSSR count). The standard InChI is InChI=1S/C15H23N3O4/c1-2-5-18(7-11-8-22-9-13(19)15(11)21)14(20)4-3-12-6-16-10-17-12/h3-4,6,10-11,13,15,19,21H,2,5,7-9H2,1H3,(H,16,17)/b4-3+/t11-,13-,15+/m1/s1. The van der Waals surface area contributed by atoms with E-state index in [2.05, 4.69) is 9.97 Å². The molecule has 3 N–H and O–H groups in total. The van der Waals surface area contributed by atoms with Crippen LogP contribution >= 0.6 is 0 Å². The zero-order chi connectivity index (χ0) is 15.9. The summed E-state index contributed by atoms with van der Waals surface area (Å²) in [5.41, 5.74) is 0.751. The summed E-state index contributed by atoms with van der Waals surface area (Å²) in [4.78, 5) is 20.8. The second-order valence-electron chi connectivity index (χ2n) is 5.48. The second-order valence-corrected chi connectivity index (χ2v) is 5.48. The molecule has 0 bridgehead atoms. The molecule has 1 amide bonds.